The van der Waals surface area contributed by atoms with E-state index in [1.807, 2.05) is 11.3 Å². The Labute approximate surface area is 159 Å². The van der Waals surface area contributed by atoms with Crippen LogP contribution >= 0.6 is 23.1 Å². The van der Waals surface area contributed by atoms with Gasteiger partial charge in [-0.3, -0.25) is 9.89 Å². The Morgan fingerprint density at radius 2 is 2.24 bits per heavy atom. The standard InChI is InChI=1S/C18H30N4OS2/c1-2-19-17(20-7-5-16-4-3-12-25-16)21-14-18(6-13-24-15-18)22-8-10-23-11-9-22/h3-4,12H,2,5-11,13-15H2,1H3,(H2,19,20,21). The van der Waals surface area contributed by atoms with E-state index in [1.165, 1.54) is 22.8 Å². The van der Waals surface area contributed by atoms with Gasteiger partial charge in [-0.2, -0.15) is 11.8 Å². The van der Waals surface area contributed by atoms with Gasteiger partial charge in [0, 0.05) is 36.8 Å². The molecule has 0 aromatic carbocycles. The van der Waals surface area contributed by atoms with Crippen LogP contribution in [0.15, 0.2) is 22.5 Å². The highest BCUT2D eigenvalue weighted by molar-refractivity contribution is 7.99. The lowest BCUT2D eigenvalue weighted by atomic mass is 9.96. The molecular formula is C18H30N4OS2. The van der Waals surface area contributed by atoms with Crippen LogP contribution < -0.4 is 10.6 Å². The van der Waals surface area contributed by atoms with Crippen molar-refractivity contribution in [2.24, 2.45) is 4.99 Å². The molecule has 25 heavy (non-hydrogen) atoms. The molecule has 3 heterocycles. The van der Waals surface area contributed by atoms with E-state index in [0.717, 1.165) is 58.3 Å². The molecule has 2 fully saturated rings. The van der Waals surface area contributed by atoms with Crippen molar-refractivity contribution in [3.8, 4) is 0 Å². The van der Waals surface area contributed by atoms with Gasteiger partial charge >= 0.3 is 0 Å². The van der Waals surface area contributed by atoms with E-state index in [0.29, 0.717) is 0 Å². The van der Waals surface area contributed by atoms with Gasteiger partial charge in [0.25, 0.3) is 0 Å². The zero-order chi connectivity index (χ0) is 17.4. The molecule has 2 aliphatic heterocycles. The third kappa shape index (κ3) is 5.36. The van der Waals surface area contributed by atoms with E-state index in [4.69, 9.17) is 9.73 Å². The number of thiophene rings is 1. The first-order chi connectivity index (χ1) is 12.3. The van der Waals surface area contributed by atoms with Crippen LogP contribution in [-0.2, 0) is 11.2 Å². The zero-order valence-corrected chi connectivity index (χ0v) is 16.8. The van der Waals surface area contributed by atoms with Crippen LogP contribution in [0.2, 0.25) is 0 Å². The van der Waals surface area contributed by atoms with Crippen molar-refractivity contribution >= 4 is 29.1 Å². The number of ether oxygens (including phenoxy) is 1. The van der Waals surface area contributed by atoms with Gasteiger partial charge in [-0.25, -0.2) is 0 Å². The molecule has 5 nitrogen and oxygen atoms in total. The largest absolute Gasteiger partial charge is 0.379 e. The molecule has 0 saturated carbocycles. The maximum atomic E-state index is 5.55. The molecule has 2 saturated heterocycles. The van der Waals surface area contributed by atoms with Crippen LogP contribution in [0.4, 0.5) is 0 Å². The summed E-state index contributed by atoms with van der Waals surface area (Å²) in [5.41, 5.74) is 0.213. The molecule has 2 N–H and O–H groups in total. The Balaban J connectivity index is 1.57. The predicted octanol–water partition coefficient (Wildman–Crippen LogP) is 2.05. The number of guanidine groups is 1. The van der Waals surface area contributed by atoms with Gasteiger partial charge in [0.2, 0.25) is 0 Å². The van der Waals surface area contributed by atoms with Crippen LogP contribution in [0.3, 0.4) is 0 Å². The Morgan fingerprint density at radius 3 is 2.92 bits per heavy atom. The van der Waals surface area contributed by atoms with E-state index < -0.39 is 0 Å². The van der Waals surface area contributed by atoms with E-state index in [-0.39, 0.29) is 5.54 Å². The lowest BCUT2D eigenvalue weighted by molar-refractivity contribution is -0.0104. The first kappa shape index (κ1) is 19.0. The maximum absolute atomic E-state index is 5.55. The third-order valence-corrected chi connectivity index (χ3v) is 7.05. The molecule has 7 heteroatoms. The second-order valence-electron chi connectivity index (χ2n) is 6.58. The summed E-state index contributed by atoms with van der Waals surface area (Å²) in [6.07, 6.45) is 2.28. The first-order valence-electron chi connectivity index (χ1n) is 9.27. The molecule has 0 radical (unpaired) electrons. The summed E-state index contributed by atoms with van der Waals surface area (Å²) in [7, 11) is 0. The second kappa shape index (κ2) is 9.80. The van der Waals surface area contributed by atoms with Crippen LogP contribution in [-0.4, -0.2) is 73.8 Å². The van der Waals surface area contributed by atoms with Gasteiger partial charge in [0.1, 0.15) is 0 Å². The Morgan fingerprint density at radius 1 is 1.36 bits per heavy atom. The fourth-order valence-electron chi connectivity index (χ4n) is 3.44. The zero-order valence-electron chi connectivity index (χ0n) is 15.1. The number of aliphatic imine (C=N–C) groups is 1. The van der Waals surface area contributed by atoms with E-state index >= 15 is 0 Å². The SMILES string of the molecule is CCNC(=NCC1(N2CCOCC2)CCSC1)NCCc1cccs1. The number of nitrogens with zero attached hydrogens (tertiary/aromatic N) is 2. The van der Waals surface area contributed by atoms with Crippen molar-refractivity contribution in [3.05, 3.63) is 22.4 Å². The monoisotopic (exact) mass is 382 g/mol. The van der Waals surface area contributed by atoms with Gasteiger partial charge in [0.15, 0.2) is 5.96 Å². The topological polar surface area (TPSA) is 48.9 Å². The molecule has 2 aliphatic rings. The van der Waals surface area contributed by atoms with Crippen LogP contribution in [0.1, 0.15) is 18.2 Å². The van der Waals surface area contributed by atoms with Crippen molar-refractivity contribution in [1.82, 2.24) is 15.5 Å². The fourth-order valence-corrected chi connectivity index (χ4v) is 5.61. The van der Waals surface area contributed by atoms with E-state index in [1.54, 1.807) is 0 Å². The number of morpholine rings is 1. The molecule has 1 aromatic heterocycles. The molecule has 140 valence electrons. The second-order valence-corrected chi connectivity index (χ2v) is 8.72. The van der Waals surface area contributed by atoms with Gasteiger partial charge in [-0.05, 0) is 37.0 Å². The number of hydrogen-bond acceptors (Lipinski definition) is 5. The van der Waals surface area contributed by atoms with Gasteiger partial charge in [0.05, 0.1) is 25.3 Å². The van der Waals surface area contributed by atoms with Gasteiger partial charge in [-0.1, -0.05) is 6.07 Å². The van der Waals surface area contributed by atoms with E-state index in [9.17, 15) is 0 Å². The Hall–Kier alpha value is -0.760. The van der Waals surface area contributed by atoms with Crippen molar-refractivity contribution in [3.63, 3.8) is 0 Å². The average molecular weight is 383 g/mol. The normalized spacial score (nSPS) is 25.2. The number of rotatable bonds is 7. The van der Waals surface area contributed by atoms with Crippen molar-refractivity contribution in [2.75, 3.05) is 57.4 Å². The highest BCUT2D eigenvalue weighted by Crippen LogP contribution is 2.34. The smallest absolute Gasteiger partial charge is 0.191 e. The number of hydrogen-bond donors (Lipinski definition) is 2. The first-order valence-corrected chi connectivity index (χ1v) is 11.3. The lowest BCUT2D eigenvalue weighted by Gasteiger charge is -2.42. The predicted molar refractivity (Wildman–Crippen MR) is 109 cm³/mol. The van der Waals surface area contributed by atoms with Crippen LogP contribution in [0.5, 0.6) is 0 Å². The van der Waals surface area contributed by atoms with Crippen molar-refractivity contribution in [1.29, 1.82) is 0 Å². The Kier molecular flexibility index (Phi) is 7.46. The molecule has 0 spiro atoms. The molecule has 3 rings (SSSR count). The molecule has 1 atom stereocenters. The minimum Gasteiger partial charge on any atom is -0.379 e. The third-order valence-electron chi connectivity index (χ3n) is 4.88. The fraction of sp³-hybridized carbons (Fsp3) is 0.722. The molecular weight excluding hydrogens is 352 g/mol. The Bertz CT molecular complexity index is 523. The number of nitrogens with one attached hydrogen (secondary N) is 2. The number of thioether (sulfide) groups is 1. The minimum absolute atomic E-state index is 0.213. The summed E-state index contributed by atoms with van der Waals surface area (Å²) in [5, 5.41) is 9.04. The highest BCUT2D eigenvalue weighted by atomic mass is 32.2. The van der Waals surface area contributed by atoms with Crippen LogP contribution in [0, 0.1) is 0 Å². The lowest BCUT2D eigenvalue weighted by Crippen LogP contribution is -2.56. The maximum Gasteiger partial charge on any atom is 0.191 e. The van der Waals surface area contributed by atoms with Crippen molar-refractivity contribution < 1.29 is 4.74 Å². The summed E-state index contributed by atoms with van der Waals surface area (Å²) in [6, 6.07) is 4.31. The molecule has 1 aromatic rings. The molecule has 0 amide bonds. The summed E-state index contributed by atoms with van der Waals surface area (Å²) < 4.78 is 5.55. The molecule has 0 bridgehead atoms. The van der Waals surface area contributed by atoms with Gasteiger partial charge < -0.3 is 15.4 Å². The van der Waals surface area contributed by atoms with Gasteiger partial charge in [-0.15, -0.1) is 11.3 Å². The highest BCUT2D eigenvalue weighted by Gasteiger charge is 2.40. The minimum atomic E-state index is 0.213. The van der Waals surface area contributed by atoms with Crippen LogP contribution in [0.25, 0.3) is 0 Å². The molecule has 1 unspecified atom stereocenters. The molecule has 0 aliphatic carbocycles. The van der Waals surface area contributed by atoms with Crippen molar-refractivity contribution in [2.45, 2.75) is 25.3 Å². The average Bonchev–Trinajstić information content (AvgIpc) is 3.33. The summed E-state index contributed by atoms with van der Waals surface area (Å²) >= 11 is 3.88. The summed E-state index contributed by atoms with van der Waals surface area (Å²) in [6.45, 7) is 8.60. The van der Waals surface area contributed by atoms with E-state index in [2.05, 4.69) is 51.7 Å². The summed E-state index contributed by atoms with van der Waals surface area (Å²) in [4.78, 5) is 9.00. The summed E-state index contributed by atoms with van der Waals surface area (Å²) in [5.74, 6) is 3.38. The quantitative estimate of drug-likeness (QED) is 0.558.